The molecule has 7 N–H and O–H groups in total. The summed E-state index contributed by atoms with van der Waals surface area (Å²) >= 11 is 0. The summed E-state index contributed by atoms with van der Waals surface area (Å²) in [7, 11) is 0. The van der Waals surface area contributed by atoms with Crippen LogP contribution in [-0.4, -0.2) is 67.0 Å². The van der Waals surface area contributed by atoms with Gasteiger partial charge in [-0.25, -0.2) is 0 Å². The van der Waals surface area contributed by atoms with E-state index in [0.29, 0.717) is 0 Å². The van der Waals surface area contributed by atoms with Gasteiger partial charge < -0.3 is 49.6 Å². The number of hydrogen-bond acceptors (Lipinski definition) is 11. The molecule has 0 saturated carbocycles. The van der Waals surface area contributed by atoms with Crippen LogP contribution < -0.4 is 10.2 Å². The smallest absolute Gasteiger partial charge is 0.238 e. The van der Waals surface area contributed by atoms with Crippen LogP contribution >= 0.6 is 0 Å². The van der Waals surface area contributed by atoms with E-state index in [4.69, 9.17) is 13.9 Å². The van der Waals surface area contributed by atoms with E-state index in [0.717, 1.165) is 18.2 Å². The third-order valence-corrected chi connectivity index (χ3v) is 5.59. The van der Waals surface area contributed by atoms with Crippen molar-refractivity contribution in [2.75, 3.05) is 6.61 Å². The Morgan fingerprint density at radius 2 is 1.73 bits per heavy atom. The lowest BCUT2D eigenvalue weighted by atomic mass is 9.92. The number of aliphatic hydroxyl groups is 3. The Bertz CT molecular complexity index is 1250. The number of benzene rings is 2. The minimum Gasteiger partial charge on any atom is -0.508 e. The van der Waals surface area contributed by atoms with E-state index < -0.39 is 59.8 Å². The number of hydrogen-bond donors (Lipinski definition) is 7. The molecular formula is C22H22O11. The minimum absolute atomic E-state index is 0.0752. The van der Waals surface area contributed by atoms with Crippen LogP contribution in [0.25, 0.3) is 22.3 Å². The van der Waals surface area contributed by atoms with Crippen molar-refractivity contribution >= 4 is 11.0 Å². The summed E-state index contributed by atoms with van der Waals surface area (Å²) < 4.78 is 16.6. The zero-order valence-corrected chi connectivity index (χ0v) is 17.2. The molecule has 3 aromatic rings. The van der Waals surface area contributed by atoms with Gasteiger partial charge in [-0.15, -0.1) is 0 Å². The maximum absolute atomic E-state index is 12.5. The van der Waals surface area contributed by atoms with E-state index in [-0.39, 0.29) is 33.8 Å². The highest BCUT2D eigenvalue weighted by molar-refractivity contribution is 5.88. The fourth-order valence-electron chi connectivity index (χ4n) is 3.71. The Morgan fingerprint density at radius 3 is 2.39 bits per heavy atom. The molecule has 4 rings (SSSR count). The molecule has 0 spiro atoms. The summed E-state index contributed by atoms with van der Waals surface area (Å²) in [5.74, 6) is -3.27. The standard InChI is InChI=1S/C22H22O11/c1-8-17(27)18(28)15(7-23)33-22(8)32-13-3-2-9(4-11(13)25)21-20(30)19(29)16-12(26)5-10(24)6-14(16)31-21/h2-6,8,15,17-18,22-28,30H,7H2,1H3/t8-,15-,17-,18-,22-/m1/s1. The zero-order valence-electron chi connectivity index (χ0n) is 17.2. The largest absolute Gasteiger partial charge is 0.508 e. The number of phenols is 3. The molecule has 176 valence electrons. The second-order valence-electron chi connectivity index (χ2n) is 7.81. The monoisotopic (exact) mass is 462 g/mol. The van der Waals surface area contributed by atoms with Crippen LogP contribution in [0.1, 0.15) is 6.92 Å². The van der Waals surface area contributed by atoms with Crippen molar-refractivity contribution in [1.82, 2.24) is 0 Å². The highest BCUT2D eigenvalue weighted by Crippen LogP contribution is 2.39. The van der Waals surface area contributed by atoms with E-state index in [1.807, 2.05) is 0 Å². The van der Waals surface area contributed by atoms with Gasteiger partial charge in [-0.1, -0.05) is 6.92 Å². The topological polar surface area (TPSA) is 190 Å². The molecule has 2 aromatic carbocycles. The second kappa shape index (κ2) is 8.45. The van der Waals surface area contributed by atoms with Gasteiger partial charge in [0.25, 0.3) is 0 Å². The Labute approximate surface area is 185 Å². The van der Waals surface area contributed by atoms with Crippen LogP contribution in [0.5, 0.6) is 28.7 Å². The molecule has 0 amide bonds. The van der Waals surface area contributed by atoms with Gasteiger partial charge in [0.05, 0.1) is 12.7 Å². The van der Waals surface area contributed by atoms with Crippen molar-refractivity contribution in [3.8, 4) is 40.1 Å². The Kier molecular flexibility index (Phi) is 5.80. The van der Waals surface area contributed by atoms with E-state index in [9.17, 15) is 40.5 Å². The molecule has 1 aliphatic heterocycles. The summed E-state index contributed by atoms with van der Waals surface area (Å²) in [6.45, 7) is 1.01. The van der Waals surface area contributed by atoms with Crippen molar-refractivity contribution in [2.45, 2.75) is 31.5 Å². The maximum atomic E-state index is 12.5. The molecule has 1 saturated heterocycles. The van der Waals surface area contributed by atoms with Crippen molar-refractivity contribution < 1.29 is 49.6 Å². The van der Waals surface area contributed by atoms with Crippen LogP contribution in [0.2, 0.25) is 0 Å². The average Bonchev–Trinajstić information content (AvgIpc) is 2.77. The highest BCUT2D eigenvalue weighted by atomic mass is 16.7. The molecule has 0 bridgehead atoms. The molecule has 0 unspecified atom stereocenters. The molecule has 5 atom stereocenters. The molecule has 11 nitrogen and oxygen atoms in total. The maximum Gasteiger partial charge on any atom is 0.238 e. The van der Waals surface area contributed by atoms with Crippen LogP contribution in [-0.2, 0) is 4.74 Å². The highest BCUT2D eigenvalue weighted by Gasteiger charge is 2.43. The molecule has 0 aliphatic carbocycles. The van der Waals surface area contributed by atoms with Crippen molar-refractivity contribution in [2.24, 2.45) is 5.92 Å². The van der Waals surface area contributed by atoms with Gasteiger partial charge in [-0.3, -0.25) is 4.79 Å². The second-order valence-corrected chi connectivity index (χ2v) is 7.81. The summed E-state index contributed by atoms with van der Waals surface area (Å²) in [4.78, 5) is 12.5. The number of phenolic OH excluding ortho intramolecular Hbond substituents is 3. The lowest BCUT2D eigenvalue weighted by Gasteiger charge is -2.40. The first kappa shape index (κ1) is 22.7. The summed E-state index contributed by atoms with van der Waals surface area (Å²) in [6.07, 6.45) is -4.73. The van der Waals surface area contributed by atoms with E-state index in [1.54, 1.807) is 6.92 Å². The van der Waals surface area contributed by atoms with Crippen LogP contribution in [0.3, 0.4) is 0 Å². The molecule has 0 radical (unpaired) electrons. The Balaban J connectivity index is 1.68. The van der Waals surface area contributed by atoms with Crippen molar-refractivity contribution in [3.05, 3.63) is 40.6 Å². The van der Waals surface area contributed by atoms with Gasteiger partial charge in [0, 0.05) is 23.6 Å². The van der Waals surface area contributed by atoms with E-state index in [1.165, 1.54) is 12.1 Å². The number of aromatic hydroxyl groups is 4. The molecule has 1 aromatic heterocycles. The van der Waals surface area contributed by atoms with Crippen LogP contribution in [0.15, 0.2) is 39.5 Å². The molecule has 1 fully saturated rings. The quantitative estimate of drug-likeness (QED) is 0.289. The Morgan fingerprint density at radius 1 is 1.00 bits per heavy atom. The number of aliphatic hydroxyl groups excluding tert-OH is 3. The van der Waals surface area contributed by atoms with Crippen molar-refractivity contribution in [1.29, 1.82) is 0 Å². The van der Waals surface area contributed by atoms with Crippen LogP contribution in [0.4, 0.5) is 0 Å². The first-order chi connectivity index (χ1) is 15.6. The first-order valence-electron chi connectivity index (χ1n) is 9.96. The summed E-state index contributed by atoms with van der Waals surface area (Å²) in [5, 5.41) is 69.4. The van der Waals surface area contributed by atoms with Crippen molar-refractivity contribution in [3.63, 3.8) is 0 Å². The van der Waals surface area contributed by atoms with E-state index in [2.05, 4.69) is 0 Å². The number of fused-ring (bicyclic) bond motifs is 1. The third kappa shape index (κ3) is 3.91. The molecule has 1 aliphatic rings. The van der Waals surface area contributed by atoms with Gasteiger partial charge in [0.15, 0.2) is 17.3 Å². The SMILES string of the molecule is C[C@H]1[C@H](Oc2ccc(-c3oc4cc(O)cc(O)c4c(=O)c3O)cc2O)O[C@H](CO)[C@@H](O)[C@@H]1O. The predicted molar refractivity (Wildman–Crippen MR) is 112 cm³/mol. The molecule has 2 heterocycles. The van der Waals surface area contributed by atoms with Gasteiger partial charge in [-0.05, 0) is 18.2 Å². The third-order valence-electron chi connectivity index (χ3n) is 5.59. The molecule has 33 heavy (non-hydrogen) atoms. The van der Waals surface area contributed by atoms with Gasteiger partial charge in [-0.2, -0.15) is 0 Å². The van der Waals surface area contributed by atoms with Gasteiger partial charge in [0.1, 0.15) is 34.7 Å². The number of ether oxygens (including phenoxy) is 2. The fourth-order valence-corrected chi connectivity index (χ4v) is 3.71. The fraction of sp³-hybridized carbons (Fsp3) is 0.318. The molecular weight excluding hydrogens is 440 g/mol. The van der Waals surface area contributed by atoms with Crippen LogP contribution in [0, 0.1) is 5.92 Å². The summed E-state index contributed by atoms with van der Waals surface area (Å²) in [6, 6.07) is 5.83. The first-order valence-corrected chi connectivity index (χ1v) is 9.96. The zero-order chi connectivity index (χ0) is 24.0. The molecule has 11 heteroatoms. The van der Waals surface area contributed by atoms with Gasteiger partial charge >= 0.3 is 0 Å². The minimum atomic E-state index is -1.31. The lowest BCUT2D eigenvalue weighted by molar-refractivity contribution is -0.256. The van der Waals surface area contributed by atoms with E-state index >= 15 is 0 Å². The predicted octanol–water partition coefficient (Wildman–Crippen LogP) is 0.736. The normalized spacial score (nSPS) is 25.3. The van der Waals surface area contributed by atoms with Gasteiger partial charge in [0.2, 0.25) is 17.5 Å². The average molecular weight is 462 g/mol. The Hall–Kier alpha value is -3.51. The number of rotatable bonds is 4. The summed E-state index contributed by atoms with van der Waals surface area (Å²) in [5.41, 5.74) is -1.03. The lowest BCUT2D eigenvalue weighted by Crippen LogP contribution is -2.56.